The second-order valence-electron chi connectivity index (χ2n) is 5.75. The van der Waals surface area contributed by atoms with Crippen molar-refractivity contribution in [3.63, 3.8) is 0 Å². The van der Waals surface area contributed by atoms with Crippen molar-refractivity contribution in [3.8, 4) is 11.5 Å². The molecule has 0 aliphatic carbocycles. The van der Waals surface area contributed by atoms with Crippen molar-refractivity contribution in [3.05, 3.63) is 59.7 Å². The first-order valence-electron chi connectivity index (χ1n) is 8.40. The number of aliphatic carboxylic acids is 1. The molecule has 6 nitrogen and oxygen atoms in total. The van der Waals surface area contributed by atoms with Crippen LogP contribution in [-0.4, -0.2) is 37.2 Å². The van der Waals surface area contributed by atoms with E-state index in [1.807, 2.05) is 31.2 Å². The molecule has 0 saturated carbocycles. The van der Waals surface area contributed by atoms with Crippen LogP contribution < -0.4 is 14.8 Å². The summed E-state index contributed by atoms with van der Waals surface area (Å²) >= 11 is 0. The summed E-state index contributed by atoms with van der Waals surface area (Å²) in [7, 11) is 1.55. The molecule has 26 heavy (non-hydrogen) atoms. The molecule has 0 aromatic heterocycles. The van der Waals surface area contributed by atoms with E-state index in [1.54, 1.807) is 31.4 Å². The van der Waals surface area contributed by atoms with E-state index in [0.29, 0.717) is 24.3 Å². The maximum Gasteiger partial charge on any atom is 0.308 e. The Bertz CT molecular complexity index is 725. The van der Waals surface area contributed by atoms with Gasteiger partial charge in [0.2, 0.25) is 0 Å². The Kier molecular flexibility index (Phi) is 7.02. The predicted octanol–water partition coefficient (Wildman–Crippen LogP) is 2.77. The number of hydrogen-bond acceptors (Lipinski definition) is 4. The Morgan fingerprint density at radius 3 is 2.19 bits per heavy atom. The van der Waals surface area contributed by atoms with Gasteiger partial charge < -0.3 is 19.9 Å². The zero-order valence-corrected chi connectivity index (χ0v) is 14.9. The van der Waals surface area contributed by atoms with Crippen LogP contribution in [-0.2, 0) is 11.2 Å². The number of methoxy groups -OCH3 is 1. The fourth-order valence-electron chi connectivity index (χ4n) is 2.48. The fraction of sp³-hybridized carbons (Fsp3) is 0.300. The maximum absolute atomic E-state index is 12.2. The number of carbonyl (C=O) groups is 2. The number of nitrogens with one attached hydrogen (secondary N) is 1. The van der Waals surface area contributed by atoms with Crippen LogP contribution >= 0.6 is 0 Å². The Morgan fingerprint density at radius 2 is 1.65 bits per heavy atom. The van der Waals surface area contributed by atoms with Gasteiger partial charge in [0.15, 0.2) is 0 Å². The normalized spacial score (nSPS) is 11.5. The lowest BCUT2D eigenvalue weighted by molar-refractivity contribution is -0.141. The molecule has 0 radical (unpaired) electrons. The van der Waals surface area contributed by atoms with Crippen LogP contribution in [0.15, 0.2) is 48.5 Å². The summed E-state index contributed by atoms with van der Waals surface area (Å²) in [5, 5.41) is 12.1. The van der Waals surface area contributed by atoms with E-state index >= 15 is 0 Å². The molecule has 0 bridgehead atoms. The minimum atomic E-state index is -0.950. The minimum absolute atomic E-state index is 0.0490. The van der Waals surface area contributed by atoms with Gasteiger partial charge in [-0.15, -0.1) is 0 Å². The molecule has 1 amide bonds. The molecule has 138 valence electrons. The van der Waals surface area contributed by atoms with Crippen LogP contribution in [0, 0.1) is 5.92 Å². The molecule has 6 heteroatoms. The molecule has 2 aromatic rings. The largest absolute Gasteiger partial charge is 0.497 e. The first-order chi connectivity index (χ1) is 12.5. The number of carboxylic acids is 1. The summed E-state index contributed by atoms with van der Waals surface area (Å²) in [5.74, 6) is -0.578. The van der Waals surface area contributed by atoms with Crippen LogP contribution in [0.3, 0.4) is 0 Å². The number of benzene rings is 2. The first-order valence-corrected chi connectivity index (χ1v) is 8.40. The second-order valence-corrected chi connectivity index (χ2v) is 5.75. The van der Waals surface area contributed by atoms with Gasteiger partial charge in [-0.2, -0.15) is 0 Å². The first kappa shape index (κ1) is 19.3. The lowest BCUT2D eigenvalue weighted by Crippen LogP contribution is -2.34. The van der Waals surface area contributed by atoms with Crippen molar-refractivity contribution in [2.24, 2.45) is 5.92 Å². The molecular formula is C20H23NO5. The number of ether oxygens (including phenoxy) is 2. The summed E-state index contributed by atoms with van der Waals surface area (Å²) in [5.41, 5.74) is 1.33. The van der Waals surface area contributed by atoms with Crippen molar-refractivity contribution in [2.75, 3.05) is 20.3 Å². The highest BCUT2D eigenvalue weighted by Gasteiger charge is 2.19. The van der Waals surface area contributed by atoms with Crippen molar-refractivity contribution in [1.82, 2.24) is 5.32 Å². The van der Waals surface area contributed by atoms with Crippen molar-refractivity contribution >= 4 is 11.9 Å². The summed E-state index contributed by atoms with van der Waals surface area (Å²) in [6.45, 7) is 2.53. The molecule has 2 aromatic carbocycles. The lowest BCUT2D eigenvalue weighted by Gasteiger charge is -2.14. The Morgan fingerprint density at radius 1 is 1.04 bits per heavy atom. The number of carboxylic acid groups (broad SMARTS) is 1. The van der Waals surface area contributed by atoms with Gasteiger partial charge in [0.1, 0.15) is 11.5 Å². The van der Waals surface area contributed by atoms with Crippen molar-refractivity contribution in [1.29, 1.82) is 0 Å². The molecule has 0 saturated heterocycles. The van der Waals surface area contributed by atoms with Crippen LogP contribution in [0.25, 0.3) is 0 Å². The molecule has 1 atom stereocenters. The predicted molar refractivity (Wildman–Crippen MR) is 97.8 cm³/mol. The Labute approximate surface area is 152 Å². The summed E-state index contributed by atoms with van der Waals surface area (Å²) < 4.78 is 10.4. The maximum atomic E-state index is 12.2. The standard InChI is InChI=1S/C20H23NO5/c1-3-26-18-8-4-14(5-9-18)12-16(20(23)24)13-21-19(22)15-6-10-17(25-2)11-7-15/h4-11,16H,3,12-13H2,1-2H3,(H,21,22)(H,23,24). The van der Waals surface area contributed by atoms with Gasteiger partial charge in [-0.05, 0) is 55.3 Å². The van der Waals surface area contributed by atoms with Gasteiger partial charge in [0.25, 0.3) is 5.91 Å². The van der Waals surface area contributed by atoms with E-state index in [2.05, 4.69) is 5.32 Å². The average molecular weight is 357 g/mol. The summed E-state index contributed by atoms with van der Waals surface area (Å²) in [6, 6.07) is 13.9. The third kappa shape index (κ3) is 5.51. The fourth-order valence-corrected chi connectivity index (χ4v) is 2.48. The monoisotopic (exact) mass is 357 g/mol. The van der Waals surface area contributed by atoms with Crippen LogP contribution in [0.2, 0.25) is 0 Å². The molecule has 0 spiro atoms. The van der Waals surface area contributed by atoms with E-state index in [-0.39, 0.29) is 12.5 Å². The highest BCUT2D eigenvalue weighted by atomic mass is 16.5. The van der Waals surface area contributed by atoms with E-state index in [0.717, 1.165) is 11.3 Å². The molecule has 0 aliphatic heterocycles. The van der Waals surface area contributed by atoms with Crippen molar-refractivity contribution in [2.45, 2.75) is 13.3 Å². The van der Waals surface area contributed by atoms with Gasteiger partial charge in [0.05, 0.1) is 19.6 Å². The van der Waals surface area contributed by atoms with E-state index in [4.69, 9.17) is 9.47 Å². The second kappa shape index (κ2) is 9.46. The zero-order chi connectivity index (χ0) is 18.9. The highest BCUT2D eigenvalue weighted by molar-refractivity contribution is 5.94. The molecule has 0 fully saturated rings. The van der Waals surface area contributed by atoms with E-state index in [1.165, 1.54) is 0 Å². The average Bonchev–Trinajstić information content (AvgIpc) is 2.66. The van der Waals surface area contributed by atoms with Gasteiger partial charge >= 0.3 is 5.97 Å². The Hall–Kier alpha value is -3.02. The van der Waals surface area contributed by atoms with Gasteiger partial charge in [-0.1, -0.05) is 12.1 Å². The quantitative estimate of drug-likeness (QED) is 0.721. The third-order valence-corrected chi connectivity index (χ3v) is 3.93. The van der Waals surface area contributed by atoms with E-state index < -0.39 is 11.9 Å². The summed E-state index contributed by atoms with van der Waals surface area (Å²) in [4.78, 5) is 23.7. The van der Waals surface area contributed by atoms with E-state index in [9.17, 15) is 14.7 Å². The van der Waals surface area contributed by atoms with Gasteiger partial charge in [-0.3, -0.25) is 9.59 Å². The highest BCUT2D eigenvalue weighted by Crippen LogP contribution is 2.16. The van der Waals surface area contributed by atoms with Gasteiger partial charge in [-0.25, -0.2) is 0 Å². The van der Waals surface area contributed by atoms with Gasteiger partial charge in [0, 0.05) is 12.1 Å². The number of carbonyl (C=O) groups excluding carboxylic acids is 1. The summed E-state index contributed by atoms with van der Waals surface area (Å²) in [6.07, 6.45) is 0.324. The molecule has 2 rings (SSSR count). The third-order valence-electron chi connectivity index (χ3n) is 3.93. The molecule has 0 heterocycles. The van der Waals surface area contributed by atoms with Crippen molar-refractivity contribution < 1.29 is 24.2 Å². The lowest BCUT2D eigenvalue weighted by atomic mass is 9.99. The zero-order valence-electron chi connectivity index (χ0n) is 14.9. The number of rotatable bonds is 9. The number of amides is 1. The van der Waals surface area contributed by atoms with Crippen LogP contribution in [0.1, 0.15) is 22.8 Å². The Balaban J connectivity index is 1.94. The van der Waals surface area contributed by atoms with Crippen LogP contribution in [0.5, 0.6) is 11.5 Å². The topological polar surface area (TPSA) is 84.9 Å². The molecule has 1 unspecified atom stereocenters. The number of hydrogen-bond donors (Lipinski definition) is 2. The molecule has 0 aliphatic rings. The minimum Gasteiger partial charge on any atom is -0.497 e. The molecular weight excluding hydrogens is 334 g/mol. The smallest absolute Gasteiger partial charge is 0.308 e. The molecule has 2 N–H and O–H groups in total. The SMILES string of the molecule is CCOc1ccc(CC(CNC(=O)c2ccc(OC)cc2)C(=O)O)cc1. The van der Waals surface area contributed by atoms with Crippen LogP contribution in [0.4, 0.5) is 0 Å².